The number of hydrogen-bond donors (Lipinski definition) is 1. The first-order valence-corrected chi connectivity index (χ1v) is 7.55. The lowest BCUT2D eigenvalue weighted by Crippen LogP contribution is -2.48. The number of rotatable bonds is 4. The van der Waals surface area contributed by atoms with Crippen LogP contribution >= 0.6 is 0 Å². The Balaban J connectivity index is 1.91. The lowest BCUT2D eigenvalue weighted by Gasteiger charge is -2.38. The van der Waals surface area contributed by atoms with Crippen LogP contribution in [0.15, 0.2) is 18.2 Å². The standard InChI is InChI=1S/C15H20FN3O2/c1-2-18(13-8-11-4-5-12(9-13)17-11)14-6-3-10(16)7-15(14)19(20)21/h3,6-7,11-13,17H,2,4-5,8-9H2,1H3. The van der Waals surface area contributed by atoms with Crippen LogP contribution in [0.1, 0.15) is 32.6 Å². The van der Waals surface area contributed by atoms with Crippen molar-refractivity contribution in [2.75, 3.05) is 11.4 Å². The third-order valence-corrected chi connectivity index (χ3v) is 4.67. The maximum absolute atomic E-state index is 13.3. The molecular formula is C15H20FN3O2. The van der Waals surface area contributed by atoms with Crippen LogP contribution in [-0.2, 0) is 0 Å². The highest BCUT2D eigenvalue weighted by molar-refractivity contribution is 5.64. The number of nitro groups is 1. The topological polar surface area (TPSA) is 58.4 Å². The van der Waals surface area contributed by atoms with Gasteiger partial charge in [0.1, 0.15) is 11.5 Å². The Hall–Kier alpha value is -1.69. The van der Waals surface area contributed by atoms with E-state index in [9.17, 15) is 14.5 Å². The molecule has 0 amide bonds. The summed E-state index contributed by atoms with van der Waals surface area (Å²) in [5.41, 5.74) is 0.401. The van der Waals surface area contributed by atoms with Crippen molar-refractivity contribution >= 4 is 11.4 Å². The molecule has 2 aliphatic heterocycles. The number of anilines is 1. The summed E-state index contributed by atoms with van der Waals surface area (Å²) in [6.45, 7) is 2.69. The number of fused-ring (bicyclic) bond motifs is 2. The third kappa shape index (κ3) is 2.72. The molecule has 5 nitrogen and oxygen atoms in total. The van der Waals surface area contributed by atoms with E-state index in [0.717, 1.165) is 18.9 Å². The number of benzene rings is 1. The molecule has 2 fully saturated rings. The van der Waals surface area contributed by atoms with E-state index >= 15 is 0 Å². The normalized spacial score (nSPS) is 27.6. The predicted octanol–water partition coefficient (Wildman–Crippen LogP) is 2.84. The molecule has 1 N–H and O–H groups in total. The van der Waals surface area contributed by atoms with Crippen molar-refractivity contribution in [3.05, 3.63) is 34.1 Å². The number of nitrogens with zero attached hydrogens (tertiary/aromatic N) is 2. The second-order valence-corrected chi connectivity index (χ2v) is 5.94. The molecule has 1 aromatic rings. The smallest absolute Gasteiger partial charge is 0.295 e. The minimum atomic E-state index is -0.563. The highest BCUT2D eigenvalue weighted by Crippen LogP contribution is 2.36. The summed E-state index contributed by atoms with van der Waals surface area (Å²) in [4.78, 5) is 12.8. The van der Waals surface area contributed by atoms with Crippen molar-refractivity contribution in [1.82, 2.24) is 5.32 Å². The highest BCUT2D eigenvalue weighted by atomic mass is 19.1. The summed E-state index contributed by atoms with van der Waals surface area (Å²) in [5.74, 6) is -0.563. The van der Waals surface area contributed by atoms with Crippen LogP contribution < -0.4 is 10.2 Å². The number of piperidine rings is 1. The van der Waals surface area contributed by atoms with Gasteiger partial charge in [0.2, 0.25) is 0 Å². The molecule has 21 heavy (non-hydrogen) atoms. The van der Waals surface area contributed by atoms with E-state index in [-0.39, 0.29) is 11.7 Å². The molecule has 3 rings (SSSR count). The van der Waals surface area contributed by atoms with Crippen molar-refractivity contribution in [2.24, 2.45) is 0 Å². The molecular weight excluding hydrogens is 273 g/mol. The number of nitro benzene ring substituents is 1. The quantitative estimate of drug-likeness (QED) is 0.685. The first kappa shape index (κ1) is 14.3. The van der Waals surface area contributed by atoms with E-state index in [0.29, 0.717) is 24.3 Å². The molecule has 2 unspecified atom stereocenters. The summed E-state index contributed by atoms with van der Waals surface area (Å²) in [7, 11) is 0. The van der Waals surface area contributed by atoms with Crippen LogP contribution in [-0.4, -0.2) is 29.6 Å². The van der Waals surface area contributed by atoms with E-state index in [1.807, 2.05) is 6.92 Å². The molecule has 0 radical (unpaired) electrons. The zero-order valence-corrected chi connectivity index (χ0v) is 12.1. The fourth-order valence-electron chi connectivity index (χ4n) is 3.79. The van der Waals surface area contributed by atoms with Gasteiger partial charge in [-0.1, -0.05) is 0 Å². The van der Waals surface area contributed by atoms with E-state index in [4.69, 9.17) is 0 Å². The fourth-order valence-corrected chi connectivity index (χ4v) is 3.79. The van der Waals surface area contributed by atoms with Gasteiger partial charge in [-0.05, 0) is 44.7 Å². The largest absolute Gasteiger partial charge is 0.363 e. The van der Waals surface area contributed by atoms with Crippen molar-refractivity contribution < 1.29 is 9.31 Å². The van der Waals surface area contributed by atoms with Crippen molar-refractivity contribution in [3.63, 3.8) is 0 Å². The van der Waals surface area contributed by atoms with Gasteiger partial charge in [-0.15, -0.1) is 0 Å². The molecule has 2 aliphatic rings. The van der Waals surface area contributed by atoms with Gasteiger partial charge in [-0.3, -0.25) is 10.1 Å². The average molecular weight is 293 g/mol. The Labute approximate surface area is 123 Å². The van der Waals surface area contributed by atoms with Crippen LogP contribution in [0, 0.1) is 15.9 Å². The molecule has 2 bridgehead atoms. The summed E-state index contributed by atoms with van der Waals surface area (Å²) in [6, 6.07) is 5.19. The molecule has 2 heterocycles. The maximum atomic E-state index is 13.3. The first-order chi connectivity index (χ1) is 10.1. The Bertz CT molecular complexity index is 540. The van der Waals surface area contributed by atoms with E-state index in [1.54, 1.807) is 6.07 Å². The van der Waals surface area contributed by atoms with Crippen molar-refractivity contribution in [2.45, 2.75) is 50.7 Å². The molecule has 0 spiro atoms. The van der Waals surface area contributed by atoms with Gasteiger partial charge in [0.05, 0.1) is 11.0 Å². The molecule has 2 atom stereocenters. The lowest BCUT2D eigenvalue weighted by atomic mass is 9.97. The van der Waals surface area contributed by atoms with Gasteiger partial charge in [0, 0.05) is 24.7 Å². The van der Waals surface area contributed by atoms with Gasteiger partial charge in [-0.2, -0.15) is 0 Å². The molecule has 0 aromatic heterocycles. The number of hydrogen-bond acceptors (Lipinski definition) is 4. The van der Waals surface area contributed by atoms with Crippen LogP contribution in [0.5, 0.6) is 0 Å². The van der Waals surface area contributed by atoms with Crippen LogP contribution in [0.25, 0.3) is 0 Å². The monoisotopic (exact) mass is 293 g/mol. The third-order valence-electron chi connectivity index (χ3n) is 4.67. The molecule has 0 aliphatic carbocycles. The zero-order valence-electron chi connectivity index (χ0n) is 12.1. The van der Waals surface area contributed by atoms with E-state index < -0.39 is 10.7 Å². The van der Waals surface area contributed by atoms with Crippen LogP contribution in [0.2, 0.25) is 0 Å². The first-order valence-electron chi connectivity index (χ1n) is 7.55. The van der Waals surface area contributed by atoms with Gasteiger partial charge in [-0.25, -0.2) is 4.39 Å². The van der Waals surface area contributed by atoms with Crippen molar-refractivity contribution in [1.29, 1.82) is 0 Å². The van der Waals surface area contributed by atoms with Gasteiger partial charge in [0.15, 0.2) is 0 Å². The van der Waals surface area contributed by atoms with Gasteiger partial charge >= 0.3 is 0 Å². The minimum Gasteiger partial charge on any atom is -0.363 e. The molecule has 0 saturated carbocycles. The van der Waals surface area contributed by atoms with Crippen molar-refractivity contribution in [3.8, 4) is 0 Å². The second kappa shape index (κ2) is 5.60. The van der Waals surface area contributed by atoms with E-state index in [2.05, 4.69) is 10.2 Å². The Morgan fingerprint density at radius 2 is 2.05 bits per heavy atom. The zero-order chi connectivity index (χ0) is 15.0. The summed E-state index contributed by atoms with van der Waals surface area (Å²) < 4.78 is 13.3. The molecule has 2 saturated heterocycles. The number of nitrogens with one attached hydrogen (secondary N) is 1. The molecule has 114 valence electrons. The molecule has 1 aromatic carbocycles. The van der Waals surface area contributed by atoms with Crippen LogP contribution in [0.4, 0.5) is 15.8 Å². The lowest BCUT2D eigenvalue weighted by molar-refractivity contribution is -0.384. The summed E-state index contributed by atoms with van der Waals surface area (Å²) >= 11 is 0. The predicted molar refractivity (Wildman–Crippen MR) is 79.0 cm³/mol. The van der Waals surface area contributed by atoms with E-state index in [1.165, 1.54) is 18.9 Å². The fraction of sp³-hybridized carbons (Fsp3) is 0.600. The summed E-state index contributed by atoms with van der Waals surface area (Å²) in [6.07, 6.45) is 4.37. The van der Waals surface area contributed by atoms with Gasteiger partial charge < -0.3 is 10.2 Å². The van der Waals surface area contributed by atoms with Crippen LogP contribution in [0.3, 0.4) is 0 Å². The Kier molecular flexibility index (Phi) is 3.80. The number of halogens is 1. The minimum absolute atomic E-state index is 0.136. The summed E-state index contributed by atoms with van der Waals surface area (Å²) in [5, 5.41) is 14.8. The Morgan fingerprint density at radius 1 is 1.38 bits per heavy atom. The molecule has 6 heteroatoms. The average Bonchev–Trinajstić information content (AvgIpc) is 2.80. The Morgan fingerprint density at radius 3 is 2.62 bits per heavy atom. The SMILES string of the molecule is CCN(c1ccc(F)cc1[N+](=O)[O-])C1CC2CCC(C1)N2. The highest BCUT2D eigenvalue weighted by Gasteiger charge is 2.37. The van der Waals surface area contributed by atoms with Gasteiger partial charge in [0.25, 0.3) is 5.69 Å². The maximum Gasteiger partial charge on any atom is 0.295 e. The second-order valence-electron chi connectivity index (χ2n) is 5.94.